The molecular formula is C20H23NO7. The minimum Gasteiger partial charge on any atom is -0.422 e. The van der Waals surface area contributed by atoms with Gasteiger partial charge < -0.3 is 14.2 Å². The molecule has 7 atom stereocenters. The van der Waals surface area contributed by atoms with E-state index in [1.54, 1.807) is 12.2 Å². The van der Waals surface area contributed by atoms with E-state index in [2.05, 4.69) is 0 Å². The van der Waals surface area contributed by atoms with Crippen molar-refractivity contribution in [1.29, 1.82) is 0 Å². The summed E-state index contributed by atoms with van der Waals surface area (Å²) in [6.07, 6.45) is 5.49. The van der Waals surface area contributed by atoms with Crippen molar-refractivity contribution in [3.8, 4) is 0 Å². The maximum atomic E-state index is 13.4. The summed E-state index contributed by atoms with van der Waals surface area (Å²) in [5.74, 6) is -2.39. The third kappa shape index (κ3) is 2.27. The number of carbonyl (C=O) groups is 4. The van der Waals surface area contributed by atoms with Crippen molar-refractivity contribution in [1.82, 2.24) is 4.90 Å². The molecule has 4 bridgehead atoms. The lowest BCUT2D eigenvalue weighted by atomic mass is 9.76. The summed E-state index contributed by atoms with van der Waals surface area (Å²) >= 11 is 0. The van der Waals surface area contributed by atoms with E-state index in [1.165, 1.54) is 25.2 Å². The Labute approximate surface area is 162 Å². The van der Waals surface area contributed by atoms with Crippen LogP contribution in [0, 0.1) is 23.7 Å². The molecule has 4 fully saturated rings. The van der Waals surface area contributed by atoms with Crippen LogP contribution in [0.4, 0.5) is 0 Å². The summed E-state index contributed by atoms with van der Waals surface area (Å²) in [6, 6.07) is -0.0540. The molecule has 0 radical (unpaired) electrons. The molecule has 5 rings (SSSR count). The largest absolute Gasteiger partial charge is 0.422 e. The molecule has 28 heavy (non-hydrogen) atoms. The van der Waals surface area contributed by atoms with Gasteiger partial charge in [-0.05, 0) is 37.2 Å². The third-order valence-electron chi connectivity index (χ3n) is 7.06. The molecule has 2 saturated carbocycles. The zero-order valence-corrected chi connectivity index (χ0v) is 15.8. The van der Waals surface area contributed by atoms with Gasteiger partial charge in [0.05, 0.1) is 17.9 Å². The highest BCUT2D eigenvalue weighted by Gasteiger charge is 2.73. The molecule has 8 heteroatoms. The van der Waals surface area contributed by atoms with Gasteiger partial charge in [0.15, 0.2) is 5.60 Å². The highest BCUT2D eigenvalue weighted by atomic mass is 16.7. The molecule has 0 unspecified atom stereocenters. The van der Waals surface area contributed by atoms with Crippen LogP contribution in [-0.2, 0) is 33.4 Å². The zero-order valence-electron chi connectivity index (χ0n) is 15.8. The van der Waals surface area contributed by atoms with Gasteiger partial charge in [0.2, 0.25) is 11.8 Å². The van der Waals surface area contributed by atoms with E-state index in [9.17, 15) is 19.2 Å². The summed E-state index contributed by atoms with van der Waals surface area (Å²) < 4.78 is 16.4. The van der Waals surface area contributed by atoms with Crippen molar-refractivity contribution >= 4 is 23.8 Å². The second-order valence-electron chi connectivity index (χ2n) is 8.64. The fourth-order valence-corrected chi connectivity index (χ4v) is 6.09. The molecule has 0 aromatic carbocycles. The fourth-order valence-electron chi connectivity index (χ4n) is 6.09. The summed E-state index contributed by atoms with van der Waals surface area (Å²) in [6.45, 7) is 2.39. The first kappa shape index (κ1) is 17.8. The van der Waals surface area contributed by atoms with Crippen molar-refractivity contribution in [2.75, 3.05) is 0 Å². The molecule has 3 aliphatic heterocycles. The van der Waals surface area contributed by atoms with Gasteiger partial charge in [0.25, 0.3) is 6.29 Å². The fraction of sp³-hybridized carbons (Fsp3) is 0.700. The van der Waals surface area contributed by atoms with Crippen LogP contribution >= 0.6 is 0 Å². The summed E-state index contributed by atoms with van der Waals surface area (Å²) in [5.41, 5.74) is -1.45. The molecule has 0 N–H and O–H groups in total. The number of fused-ring (bicyclic) bond motifs is 7. The van der Waals surface area contributed by atoms with Gasteiger partial charge in [-0.2, -0.15) is 0 Å². The molecule has 0 spiro atoms. The summed E-state index contributed by atoms with van der Waals surface area (Å²) in [5, 5.41) is 0. The molecule has 8 nitrogen and oxygen atoms in total. The van der Waals surface area contributed by atoms with E-state index in [1.807, 2.05) is 0 Å². The highest BCUT2D eigenvalue weighted by molar-refractivity contribution is 6.07. The first-order chi connectivity index (χ1) is 13.3. The monoisotopic (exact) mass is 389 g/mol. The van der Waals surface area contributed by atoms with Crippen LogP contribution in [-0.4, -0.2) is 52.7 Å². The minimum atomic E-state index is -1.45. The Morgan fingerprint density at radius 2 is 1.86 bits per heavy atom. The van der Waals surface area contributed by atoms with Crippen LogP contribution in [0.15, 0.2) is 12.2 Å². The van der Waals surface area contributed by atoms with Gasteiger partial charge in [-0.3, -0.25) is 24.1 Å². The minimum absolute atomic E-state index is 0.0540. The first-order valence-corrected chi connectivity index (χ1v) is 9.90. The average Bonchev–Trinajstić information content (AvgIpc) is 3.40. The third-order valence-corrected chi connectivity index (χ3v) is 7.06. The predicted octanol–water partition coefficient (Wildman–Crippen LogP) is 0.936. The van der Waals surface area contributed by atoms with Crippen molar-refractivity contribution in [2.24, 2.45) is 23.7 Å². The van der Waals surface area contributed by atoms with Crippen molar-refractivity contribution in [3.05, 3.63) is 12.2 Å². The van der Waals surface area contributed by atoms with Crippen LogP contribution in [0.1, 0.15) is 39.5 Å². The van der Waals surface area contributed by atoms with Gasteiger partial charge in [0, 0.05) is 19.9 Å². The van der Waals surface area contributed by atoms with Crippen molar-refractivity contribution in [2.45, 2.75) is 63.6 Å². The maximum Gasteiger partial charge on any atom is 0.305 e. The first-order valence-electron chi connectivity index (χ1n) is 9.90. The number of carbonyl (C=O) groups excluding carboxylic acids is 4. The Kier molecular flexibility index (Phi) is 3.75. The smallest absolute Gasteiger partial charge is 0.305 e. The summed E-state index contributed by atoms with van der Waals surface area (Å²) in [4.78, 5) is 51.3. The lowest BCUT2D eigenvalue weighted by Crippen LogP contribution is -2.53. The van der Waals surface area contributed by atoms with Crippen LogP contribution < -0.4 is 0 Å². The van der Waals surface area contributed by atoms with E-state index in [4.69, 9.17) is 14.2 Å². The number of nitrogens with zero attached hydrogens (tertiary/aromatic N) is 1. The number of hydrogen-bond acceptors (Lipinski definition) is 7. The normalized spacial score (nSPS) is 42.6. The van der Waals surface area contributed by atoms with E-state index in [0.717, 1.165) is 19.3 Å². The van der Waals surface area contributed by atoms with Crippen LogP contribution in [0.25, 0.3) is 0 Å². The molecule has 0 aromatic heterocycles. The lowest BCUT2D eigenvalue weighted by molar-refractivity contribution is -0.227. The SMILES string of the molecule is CC(=O)OC(OC(C)=O)[C@@]12C=C[C@@H](O1)[C@@H]1C(=O)N([C@@H]3C[C@H]4CC[C@H]3C4)C(=O)[C@@H]12. The summed E-state index contributed by atoms with van der Waals surface area (Å²) in [7, 11) is 0. The maximum absolute atomic E-state index is 13.4. The van der Waals surface area contributed by atoms with Crippen molar-refractivity contribution < 1.29 is 33.4 Å². The zero-order chi connectivity index (χ0) is 19.8. The number of imide groups is 1. The Bertz CT molecular complexity index is 790. The number of rotatable bonds is 4. The van der Waals surface area contributed by atoms with Crippen LogP contribution in [0.5, 0.6) is 0 Å². The number of ether oxygens (including phenoxy) is 3. The number of likely N-dealkylation sites (tertiary alicyclic amines) is 1. The molecule has 2 aliphatic carbocycles. The molecule has 2 saturated heterocycles. The lowest BCUT2D eigenvalue weighted by Gasteiger charge is -2.36. The second-order valence-corrected chi connectivity index (χ2v) is 8.64. The van der Waals surface area contributed by atoms with Gasteiger partial charge >= 0.3 is 11.9 Å². The van der Waals surface area contributed by atoms with E-state index in [0.29, 0.717) is 11.8 Å². The average molecular weight is 389 g/mol. The van der Waals surface area contributed by atoms with Gasteiger partial charge in [0.1, 0.15) is 0 Å². The number of amides is 2. The Hall–Kier alpha value is -2.22. The Morgan fingerprint density at radius 3 is 2.43 bits per heavy atom. The number of esters is 2. The van der Waals surface area contributed by atoms with Crippen LogP contribution in [0.2, 0.25) is 0 Å². The Morgan fingerprint density at radius 1 is 1.14 bits per heavy atom. The quantitative estimate of drug-likeness (QED) is 0.305. The molecule has 5 aliphatic rings. The second kappa shape index (κ2) is 5.89. The number of hydrogen-bond donors (Lipinski definition) is 0. The van der Waals surface area contributed by atoms with Gasteiger partial charge in [-0.1, -0.05) is 12.5 Å². The Balaban J connectivity index is 1.49. The topological polar surface area (TPSA) is 99.2 Å². The molecule has 150 valence electrons. The van der Waals surface area contributed by atoms with E-state index < -0.39 is 41.8 Å². The molecule has 0 aromatic rings. The molecular weight excluding hydrogens is 366 g/mol. The highest BCUT2D eigenvalue weighted by Crippen LogP contribution is 2.56. The van der Waals surface area contributed by atoms with E-state index in [-0.39, 0.29) is 17.9 Å². The van der Waals surface area contributed by atoms with Crippen LogP contribution in [0.3, 0.4) is 0 Å². The van der Waals surface area contributed by atoms with Crippen molar-refractivity contribution in [3.63, 3.8) is 0 Å². The van der Waals surface area contributed by atoms with Gasteiger partial charge in [-0.15, -0.1) is 0 Å². The molecule has 3 heterocycles. The van der Waals surface area contributed by atoms with E-state index >= 15 is 0 Å². The standard InChI is InChI=1S/C20H23NO7/c1-9(22)26-19(27-10(2)23)20-6-5-14(28-20)15-16(20)18(25)21(17(15)24)13-8-11-3-4-12(13)7-11/h5-6,11-16,19H,3-4,7-8H2,1-2H3/t11-,12-,13+,14+,15-,16+,20-/m0/s1. The molecule has 2 amide bonds. The van der Waals surface area contributed by atoms with Gasteiger partial charge in [-0.25, -0.2) is 0 Å². The predicted molar refractivity (Wildman–Crippen MR) is 92.1 cm³/mol.